The number of hydrogen-bond acceptors (Lipinski definition) is 4. The van der Waals surface area contributed by atoms with Crippen LogP contribution in [0.1, 0.15) is 24.2 Å². The zero-order valence-electron chi connectivity index (χ0n) is 13.4. The number of nitrogens with one attached hydrogen (secondary N) is 1. The van der Waals surface area contributed by atoms with Gasteiger partial charge in [-0.15, -0.1) is 0 Å². The Kier molecular flexibility index (Phi) is 4.29. The van der Waals surface area contributed by atoms with E-state index in [9.17, 15) is 9.59 Å². The molecule has 0 radical (unpaired) electrons. The quantitative estimate of drug-likeness (QED) is 0.749. The zero-order valence-corrected chi connectivity index (χ0v) is 13.4. The molecule has 0 aliphatic carbocycles. The molecule has 0 spiro atoms. The normalized spacial score (nSPS) is 10.6. The molecular weight excluding hydrogens is 306 g/mol. The van der Waals surface area contributed by atoms with Gasteiger partial charge in [0.1, 0.15) is 6.33 Å². The fourth-order valence-electron chi connectivity index (χ4n) is 2.47. The number of imidazole rings is 1. The molecule has 0 aliphatic rings. The van der Waals surface area contributed by atoms with Crippen LogP contribution in [0.15, 0.2) is 48.8 Å². The average molecular weight is 323 g/mol. The molecule has 6 heteroatoms. The maximum Gasteiger partial charge on any atom is 0.338 e. The van der Waals surface area contributed by atoms with Crippen LogP contribution < -0.4 is 5.32 Å². The lowest BCUT2D eigenvalue weighted by atomic mass is 10.2. The van der Waals surface area contributed by atoms with Crippen molar-refractivity contribution in [2.45, 2.75) is 13.8 Å². The number of amides is 1. The first kappa shape index (κ1) is 15.7. The minimum atomic E-state index is -0.353. The van der Waals surface area contributed by atoms with E-state index >= 15 is 0 Å². The Labute approximate surface area is 139 Å². The van der Waals surface area contributed by atoms with E-state index in [2.05, 4.69) is 10.3 Å². The van der Waals surface area contributed by atoms with Gasteiger partial charge in [0.25, 0.3) is 0 Å². The molecule has 1 aromatic heterocycles. The van der Waals surface area contributed by atoms with E-state index in [0.717, 1.165) is 16.9 Å². The predicted octanol–water partition coefficient (Wildman–Crippen LogP) is 3.16. The van der Waals surface area contributed by atoms with Crippen LogP contribution >= 0.6 is 0 Å². The van der Waals surface area contributed by atoms with Crippen molar-refractivity contribution in [1.29, 1.82) is 0 Å². The van der Waals surface area contributed by atoms with Crippen molar-refractivity contribution in [3.8, 4) is 5.69 Å². The van der Waals surface area contributed by atoms with Crippen LogP contribution in [0.5, 0.6) is 0 Å². The first-order valence-corrected chi connectivity index (χ1v) is 7.60. The van der Waals surface area contributed by atoms with Crippen molar-refractivity contribution < 1.29 is 14.3 Å². The van der Waals surface area contributed by atoms with Gasteiger partial charge in [0.2, 0.25) is 5.91 Å². The highest BCUT2D eigenvalue weighted by atomic mass is 16.5. The number of nitrogens with zero attached hydrogens (tertiary/aromatic N) is 2. The number of benzene rings is 2. The highest BCUT2D eigenvalue weighted by Gasteiger charge is 2.10. The van der Waals surface area contributed by atoms with Gasteiger partial charge in [0, 0.05) is 18.3 Å². The topological polar surface area (TPSA) is 73.2 Å². The van der Waals surface area contributed by atoms with Crippen LogP contribution in [0.3, 0.4) is 0 Å². The predicted molar refractivity (Wildman–Crippen MR) is 91.3 cm³/mol. The first-order valence-electron chi connectivity index (χ1n) is 7.60. The third kappa shape index (κ3) is 3.12. The molecule has 122 valence electrons. The van der Waals surface area contributed by atoms with Crippen LogP contribution in [0.2, 0.25) is 0 Å². The molecule has 0 unspecified atom stereocenters. The minimum absolute atomic E-state index is 0.109. The summed E-state index contributed by atoms with van der Waals surface area (Å²) in [6, 6.07) is 12.7. The summed E-state index contributed by atoms with van der Waals surface area (Å²) in [5, 5.41) is 2.73. The van der Waals surface area contributed by atoms with Gasteiger partial charge in [-0.25, -0.2) is 9.78 Å². The Morgan fingerprint density at radius 3 is 2.58 bits per heavy atom. The van der Waals surface area contributed by atoms with E-state index in [1.807, 2.05) is 34.9 Å². The van der Waals surface area contributed by atoms with E-state index < -0.39 is 0 Å². The van der Waals surface area contributed by atoms with E-state index in [0.29, 0.717) is 17.7 Å². The second kappa shape index (κ2) is 6.54. The van der Waals surface area contributed by atoms with Gasteiger partial charge in [0.15, 0.2) is 0 Å². The standard InChI is InChI=1S/C18H17N3O3/c1-3-24-18(23)13-4-9-17-16(10-13)19-11-21(17)15-7-5-14(6-8-15)20-12(2)22/h4-11H,3H2,1-2H3,(H,20,22). The van der Waals surface area contributed by atoms with Crippen molar-refractivity contribution in [2.24, 2.45) is 0 Å². The molecule has 6 nitrogen and oxygen atoms in total. The summed E-state index contributed by atoms with van der Waals surface area (Å²) in [6.45, 7) is 3.58. The smallest absolute Gasteiger partial charge is 0.338 e. The van der Waals surface area contributed by atoms with E-state index in [1.54, 1.807) is 25.4 Å². The van der Waals surface area contributed by atoms with E-state index in [4.69, 9.17) is 4.74 Å². The van der Waals surface area contributed by atoms with E-state index in [1.165, 1.54) is 6.92 Å². The van der Waals surface area contributed by atoms with Gasteiger partial charge >= 0.3 is 5.97 Å². The molecule has 1 N–H and O–H groups in total. The summed E-state index contributed by atoms with van der Waals surface area (Å²) in [4.78, 5) is 27.2. The molecule has 0 fully saturated rings. The van der Waals surface area contributed by atoms with Crippen LogP contribution in [0, 0.1) is 0 Å². The molecular formula is C18H17N3O3. The molecule has 0 aliphatic heterocycles. The second-order valence-corrected chi connectivity index (χ2v) is 5.27. The monoisotopic (exact) mass is 323 g/mol. The summed E-state index contributed by atoms with van der Waals surface area (Å²) >= 11 is 0. The molecule has 0 saturated heterocycles. The molecule has 0 saturated carbocycles. The Morgan fingerprint density at radius 1 is 1.17 bits per heavy atom. The van der Waals surface area contributed by atoms with E-state index in [-0.39, 0.29) is 11.9 Å². The van der Waals surface area contributed by atoms with Crippen LogP contribution in [-0.4, -0.2) is 28.0 Å². The number of esters is 1. The number of anilines is 1. The average Bonchev–Trinajstić information content (AvgIpc) is 2.98. The lowest BCUT2D eigenvalue weighted by Crippen LogP contribution is -2.05. The first-order chi connectivity index (χ1) is 11.6. The molecule has 24 heavy (non-hydrogen) atoms. The lowest BCUT2D eigenvalue weighted by Gasteiger charge is -2.07. The van der Waals surface area contributed by atoms with Gasteiger partial charge in [-0.05, 0) is 49.4 Å². The molecule has 3 aromatic rings. The number of carbonyl (C=O) groups is 2. The Hall–Kier alpha value is -3.15. The van der Waals surface area contributed by atoms with Crippen LogP contribution in [0.4, 0.5) is 5.69 Å². The largest absolute Gasteiger partial charge is 0.462 e. The summed E-state index contributed by atoms with van der Waals surface area (Å²) in [6.07, 6.45) is 1.70. The summed E-state index contributed by atoms with van der Waals surface area (Å²) in [5.41, 5.74) is 3.73. The molecule has 1 heterocycles. The minimum Gasteiger partial charge on any atom is -0.462 e. The third-order valence-electron chi connectivity index (χ3n) is 3.52. The van der Waals surface area contributed by atoms with Crippen molar-refractivity contribution in [3.05, 3.63) is 54.4 Å². The number of ether oxygens (including phenoxy) is 1. The van der Waals surface area contributed by atoms with Gasteiger partial charge in [-0.2, -0.15) is 0 Å². The van der Waals surface area contributed by atoms with Crippen LogP contribution in [-0.2, 0) is 9.53 Å². The van der Waals surface area contributed by atoms with Crippen LogP contribution in [0.25, 0.3) is 16.7 Å². The Bertz CT molecular complexity index is 898. The van der Waals surface area contributed by atoms with Crippen molar-refractivity contribution >= 4 is 28.6 Å². The number of carbonyl (C=O) groups excluding carboxylic acids is 2. The lowest BCUT2D eigenvalue weighted by molar-refractivity contribution is -0.114. The maximum absolute atomic E-state index is 11.8. The third-order valence-corrected chi connectivity index (χ3v) is 3.52. The van der Waals surface area contributed by atoms with Gasteiger partial charge in [-0.1, -0.05) is 0 Å². The number of rotatable bonds is 4. The fraction of sp³-hybridized carbons (Fsp3) is 0.167. The molecule has 0 bridgehead atoms. The summed E-state index contributed by atoms with van der Waals surface area (Å²) in [5.74, 6) is -0.462. The SMILES string of the molecule is CCOC(=O)c1ccc2c(c1)ncn2-c1ccc(NC(C)=O)cc1. The second-order valence-electron chi connectivity index (χ2n) is 5.27. The highest BCUT2D eigenvalue weighted by molar-refractivity contribution is 5.94. The van der Waals surface area contributed by atoms with Crippen molar-refractivity contribution in [3.63, 3.8) is 0 Å². The fourth-order valence-corrected chi connectivity index (χ4v) is 2.47. The number of aromatic nitrogens is 2. The summed E-state index contributed by atoms with van der Waals surface area (Å²) < 4.78 is 6.92. The maximum atomic E-state index is 11.8. The Morgan fingerprint density at radius 2 is 1.92 bits per heavy atom. The van der Waals surface area contributed by atoms with Gasteiger partial charge in [-0.3, -0.25) is 9.36 Å². The molecule has 1 amide bonds. The van der Waals surface area contributed by atoms with Gasteiger partial charge in [0.05, 0.1) is 23.2 Å². The zero-order chi connectivity index (χ0) is 17.1. The van der Waals surface area contributed by atoms with Crippen molar-refractivity contribution in [2.75, 3.05) is 11.9 Å². The summed E-state index contributed by atoms with van der Waals surface area (Å²) in [7, 11) is 0. The van der Waals surface area contributed by atoms with Crippen molar-refractivity contribution in [1.82, 2.24) is 9.55 Å². The molecule has 0 atom stereocenters. The number of hydrogen-bond donors (Lipinski definition) is 1. The molecule has 2 aromatic carbocycles. The Balaban J connectivity index is 1.93. The highest BCUT2D eigenvalue weighted by Crippen LogP contribution is 2.21. The molecule has 3 rings (SSSR count). The van der Waals surface area contributed by atoms with Gasteiger partial charge < -0.3 is 10.1 Å². The number of fused-ring (bicyclic) bond motifs is 1.